The highest BCUT2D eigenvalue weighted by Crippen LogP contribution is 2.30. The van der Waals surface area contributed by atoms with Crippen molar-refractivity contribution in [3.05, 3.63) is 24.3 Å². The van der Waals surface area contributed by atoms with Crippen LogP contribution in [0.1, 0.15) is 44.5 Å². The Kier molecular flexibility index (Phi) is 5.37. The van der Waals surface area contributed by atoms with E-state index in [9.17, 15) is 0 Å². The number of anilines is 3. The highest BCUT2D eigenvalue weighted by molar-refractivity contribution is 5.53. The fourth-order valence-corrected chi connectivity index (χ4v) is 3.33. The Hall–Kier alpha value is -2.35. The molecule has 0 radical (unpaired) electrons. The number of nitrogens with zero attached hydrogens (tertiary/aromatic N) is 5. The molecule has 2 aromatic heterocycles. The number of hydrogen-bond donors (Lipinski definition) is 3. The van der Waals surface area contributed by atoms with Crippen LogP contribution in [0.25, 0.3) is 0 Å². The number of aromatic nitrogens is 4. The molecule has 4 N–H and O–H groups in total. The minimum atomic E-state index is 0.0487. The van der Waals surface area contributed by atoms with Crippen molar-refractivity contribution in [2.45, 2.75) is 38.6 Å². The number of piperidine rings is 1. The fourth-order valence-electron chi connectivity index (χ4n) is 3.33. The Balaban J connectivity index is 1.68. The van der Waals surface area contributed by atoms with E-state index in [4.69, 9.17) is 10.8 Å². The monoisotopic (exact) mass is 345 g/mol. The molecule has 136 valence electrons. The lowest BCUT2D eigenvalue weighted by molar-refractivity contribution is 0.311. The van der Waals surface area contributed by atoms with Crippen molar-refractivity contribution in [2.24, 2.45) is 0 Å². The zero-order chi connectivity index (χ0) is 17.8. The molecule has 0 bridgehead atoms. The second-order valence-electron chi connectivity index (χ2n) is 6.67. The molecule has 0 amide bonds. The van der Waals surface area contributed by atoms with Crippen molar-refractivity contribution in [3.63, 3.8) is 0 Å². The maximum atomic E-state index is 8.94. The Morgan fingerprint density at radius 2 is 2.08 bits per heavy atom. The number of rotatable bonds is 6. The lowest BCUT2D eigenvalue weighted by Gasteiger charge is -2.33. The molecule has 0 aliphatic carbocycles. The van der Waals surface area contributed by atoms with Gasteiger partial charge in [0.1, 0.15) is 17.5 Å². The van der Waals surface area contributed by atoms with Crippen LogP contribution in [0.2, 0.25) is 0 Å². The van der Waals surface area contributed by atoms with Crippen LogP contribution in [-0.4, -0.2) is 50.9 Å². The third-order valence-electron chi connectivity index (χ3n) is 4.59. The van der Waals surface area contributed by atoms with Crippen LogP contribution in [0.15, 0.2) is 18.5 Å². The van der Waals surface area contributed by atoms with Crippen molar-refractivity contribution in [2.75, 3.05) is 42.2 Å². The minimum absolute atomic E-state index is 0.0487. The first-order valence-corrected chi connectivity index (χ1v) is 8.85. The van der Waals surface area contributed by atoms with Crippen LogP contribution in [0.4, 0.5) is 17.6 Å². The summed E-state index contributed by atoms with van der Waals surface area (Å²) in [5.74, 6) is 3.38. The minimum Gasteiger partial charge on any atom is -0.395 e. The van der Waals surface area contributed by atoms with Gasteiger partial charge >= 0.3 is 0 Å². The number of aliphatic hydroxyl groups is 1. The molecule has 0 aromatic carbocycles. The first-order valence-electron chi connectivity index (χ1n) is 8.85. The number of nitrogens with two attached hydrogens (primary N) is 1. The molecule has 0 spiro atoms. The van der Waals surface area contributed by atoms with E-state index in [1.165, 1.54) is 5.82 Å². The maximum Gasteiger partial charge on any atom is 0.223 e. The summed E-state index contributed by atoms with van der Waals surface area (Å²) in [4.78, 5) is 15.3. The number of imidazole rings is 1. The largest absolute Gasteiger partial charge is 0.395 e. The summed E-state index contributed by atoms with van der Waals surface area (Å²) in [6.07, 6.45) is 6.03. The molecule has 25 heavy (non-hydrogen) atoms. The van der Waals surface area contributed by atoms with Crippen LogP contribution in [0.3, 0.4) is 0 Å². The molecule has 0 unspecified atom stereocenters. The number of nitrogens with one attached hydrogen (secondary N) is 1. The van der Waals surface area contributed by atoms with Crippen molar-refractivity contribution in [1.29, 1.82) is 0 Å². The molecule has 1 fully saturated rings. The normalized spacial score (nSPS) is 15.8. The molecule has 0 saturated carbocycles. The van der Waals surface area contributed by atoms with Gasteiger partial charge in [0.15, 0.2) is 0 Å². The van der Waals surface area contributed by atoms with Crippen LogP contribution in [0, 0.1) is 0 Å². The summed E-state index contributed by atoms with van der Waals surface area (Å²) in [6.45, 7) is 6.68. The van der Waals surface area contributed by atoms with Crippen LogP contribution in [-0.2, 0) is 0 Å². The van der Waals surface area contributed by atoms with E-state index >= 15 is 0 Å². The summed E-state index contributed by atoms with van der Waals surface area (Å²) >= 11 is 0. The number of nitrogen functional groups attached to an aromatic ring is 1. The van der Waals surface area contributed by atoms with Gasteiger partial charge in [-0.25, -0.2) is 4.98 Å². The van der Waals surface area contributed by atoms with E-state index < -0.39 is 0 Å². The van der Waals surface area contributed by atoms with E-state index in [2.05, 4.69) is 49.8 Å². The Morgan fingerprint density at radius 3 is 2.76 bits per heavy atom. The number of aliphatic hydroxyl groups excluding tert-OH is 1. The van der Waals surface area contributed by atoms with Gasteiger partial charge in [-0.05, 0) is 26.7 Å². The quantitative estimate of drug-likeness (QED) is 0.730. The molecule has 1 saturated heterocycles. The summed E-state index contributed by atoms with van der Waals surface area (Å²) in [5.41, 5.74) is 5.83. The lowest BCUT2D eigenvalue weighted by Crippen LogP contribution is -2.34. The second-order valence-corrected chi connectivity index (χ2v) is 6.67. The summed E-state index contributed by atoms with van der Waals surface area (Å²) in [5, 5.41) is 12.0. The summed E-state index contributed by atoms with van der Waals surface area (Å²) < 4.78 is 2.26. The first kappa shape index (κ1) is 17.5. The molecular formula is C17H27N7O. The second kappa shape index (κ2) is 7.69. The van der Waals surface area contributed by atoms with Crippen LogP contribution < -0.4 is 16.0 Å². The Morgan fingerprint density at radius 1 is 1.32 bits per heavy atom. The van der Waals surface area contributed by atoms with Gasteiger partial charge in [0.2, 0.25) is 5.95 Å². The standard InChI is InChI=1S/C17H27N7O/c1-12(2)24-9-5-20-16(24)13-3-7-23(8-4-13)15-11-14(19-6-10-25)21-17(18)22-15/h5,9,11-13,25H,3-4,6-8,10H2,1-2H3,(H3,18,19,21,22). The van der Waals surface area contributed by atoms with E-state index in [-0.39, 0.29) is 12.6 Å². The maximum absolute atomic E-state index is 8.94. The predicted molar refractivity (Wildman–Crippen MR) is 98.8 cm³/mol. The van der Waals surface area contributed by atoms with Crippen LogP contribution in [0.5, 0.6) is 0 Å². The fraction of sp³-hybridized carbons (Fsp3) is 0.588. The van der Waals surface area contributed by atoms with Crippen molar-refractivity contribution < 1.29 is 5.11 Å². The van der Waals surface area contributed by atoms with Gasteiger partial charge in [-0.3, -0.25) is 0 Å². The number of hydrogen-bond acceptors (Lipinski definition) is 7. The van der Waals surface area contributed by atoms with Crippen molar-refractivity contribution in [1.82, 2.24) is 19.5 Å². The molecule has 3 rings (SSSR count). The molecule has 2 aromatic rings. The van der Waals surface area contributed by atoms with Crippen molar-refractivity contribution in [3.8, 4) is 0 Å². The summed E-state index contributed by atoms with van der Waals surface area (Å²) in [7, 11) is 0. The third-order valence-corrected chi connectivity index (χ3v) is 4.59. The van der Waals surface area contributed by atoms with E-state index in [0.29, 0.717) is 24.3 Å². The van der Waals surface area contributed by atoms with Gasteiger partial charge in [-0.1, -0.05) is 0 Å². The van der Waals surface area contributed by atoms with E-state index in [0.717, 1.165) is 31.7 Å². The Labute approximate surface area is 148 Å². The lowest BCUT2D eigenvalue weighted by atomic mass is 9.95. The predicted octanol–water partition coefficient (Wildman–Crippen LogP) is 1.62. The van der Waals surface area contributed by atoms with Crippen LogP contribution >= 0.6 is 0 Å². The highest BCUT2D eigenvalue weighted by atomic mass is 16.3. The van der Waals surface area contributed by atoms with Gasteiger partial charge in [-0.15, -0.1) is 0 Å². The third kappa shape index (κ3) is 4.01. The molecule has 1 aliphatic rings. The average Bonchev–Trinajstić information content (AvgIpc) is 3.10. The smallest absolute Gasteiger partial charge is 0.223 e. The van der Waals surface area contributed by atoms with E-state index in [1.54, 1.807) is 0 Å². The highest BCUT2D eigenvalue weighted by Gasteiger charge is 2.25. The molecule has 0 atom stereocenters. The molecular weight excluding hydrogens is 318 g/mol. The molecule has 8 heteroatoms. The van der Waals surface area contributed by atoms with Gasteiger partial charge in [-0.2, -0.15) is 9.97 Å². The molecule has 8 nitrogen and oxygen atoms in total. The topological polar surface area (TPSA) is 105 Å². The SMILES string of the molecule is CC(C)n1ccnc1C1CCN(c2cc(NCCO)nc(N)n2)CC1. The zero-order valence-corrected chi connectivity index (χ0v) is 14.9. The average molecular weight is 345 g/mol. The zero-order valence-electron chi connectivity index (χ0n) is 14.9. The van der Waals surface area contributed by atoms with Gasteiger partial charge in [0.25, 0.3) is 0 Å². The van der Waals surface area contributed by atoms with Crippen molar-refractivity contribution >= 4 is 17.6 Å². The van der Waals surface area contributed by atoms with Gasteiger partial charge < -0.3 is 25.6 Å². The van der Waals surface area contributed by atoms with Gasteiger partial charge in [0, 0.05) is 50.1 Å². The van der Waals surface area contributed by atoms with E-state index in [1.807, 2.05) is 12.3 Å². The van der Waals surface area contributed by atoms with Gasteiger partial charge in [0.05, 0.1) is 6.61 Å². The molecule has 1 aliphatic heterocycles. The molecule has 3 heterocycles. The Bertz CT molecular complexity index is 692. The summed E-state index contributed by atoms with van der Waals surface area (Å²) in [6, 6.07) is 2.32. The first-order chi connectivity index (χ1) is 12.1.